The quantitative estimate of drug-likeness (QED) is 0.763. The maximum absolute atomic E-state index is 13.1. The summed E-state index contributed by atoms with van der Waals surface area (Å²) in [5, 5.41) is 2.79. The summed E-state index contributed by atoms with van der Waals surface area (Å²) in [4.78, 5) is 14.5. The topological polar surface area (TPSA) is 69.7 Å². The van der Waals surface area contributed by atoms with Crippen molar-refractivity contribution in [2.75, 3.05) is 32.7 Å². The molecule has 1 fully saturated rings. The summed E-state index contributed by atoms with van der Waals surface area (Å²) in [6.45, 7) is 13.4. The van der Waals surface area contributed by atoms with E-state index in [1.54, 1.807) is 6.08 Å². The standard InChI is InChI=1S/C19H29N3O3S/c1-6-7-20-19(23)17(5)21-8-10-22(11-9-21)26(24,25)18-15(3)12-14(2)13-16(18)4/h6,12-13,17H,1,7-11H2,2-5H3,(H,20,23)/t17-/m1/s1. The lowest BCUT2D eigenvalue weighted by molar-refractivity contribution is -0.126. The number of amides is 1. The molecule has 26 heavy (non-hydrogen) atoms. The normalized spacial score (nSPS) is 17.7. The number of carbonyl (C=O) groups is 1. The largest absolute Gasteiger partial charge is 0.351 e. The molecule has 0 unspecified atom stereocenters. The van der Waals surface area contributed by atoms with Crippen molar-refractivity contribution in [1.82, 2.24) is 14.5 Å². The molecule has 0 radical (unpaired) electrons. The highest BCUT2D eigenvalue weighted by Gasteiger charge is 2.33. The SMILES string of the molecule is C=CCNC(=O)[C@@H](C)N1CCN(S(=O)(=O)c2c(C)cc(C)cc2C)CC1. The molecule has 6 nitrogen and oxygen atoms in total. The predicted molar refractivity (Wildman–Crippen MR) is 104 cm³/mol. The first-order valence-corrected chi connectivity index (χ1v) is 10.3. The van der Waals surface area contributed by atoms with E-state index in [0.717, 1.165) is 16.7 Å². The fourth-order valence-electron chi connectivity index (χ4n) is 3.52. The Bertz CT molecular complexity index is 758. The van der Waals surface area contributed by atoms with Gasteiger partial charge in [-0.25, -0.2) is 8.42 Å². The summed E-state index contributed by atoms with van der Waals surface area (Å²) >= 11 is 0. The van der Waals surface area contributed by atoms with Gasteiger partial charge in [-0.15, -0.1) is 6.58 Å². The van der Waals surface area contributed by atoms with E-state index in [4.69, 9.17) is 0 Å². The van der Waals surface area contributed by atoms with Crippen molar-refractivity contribution in [3.8, 4) is 0 Å². The van der Waals surface area contributed by atoms with E-state index in [1.165, 1.54) is 4.31 Å². The number of benzene rings is 1. The molecule has 1 heterocycles. The molecule has 1 aromatic carbocycles. The van der Waals surface area contributed by atoms with Gasteiger partial charge in [0.05, 0.1) is 10.9 Å². The number of nitrogens with one attached hydrogen (secondary N) is 1. The van der Waals surface area contributed by atoms with Gasteiger partial charge in [0, 0.05) is 32.7 Å². The van der Waals surface area contributed by atoms with Gasteiger partial charge in [-0.05, 0) is 38.8 Å². The van der Waals surface area contributed by atoms with Crippen molar-refractivity contribution in [3.05, 3.63) is 41.5 Å². The Hall–Kier alpha value is -1.70. The minimum absolute atomic E-state index is 0.0635. The molecule has 1 N–H and O–H groups in total. The van der Waals surface area contributed by atoms with Crippen LogP contribution in [0.3, 0.4) is 0 Å². The van der Waals surface area contributed by atoms with E-state index < -0.39 is 10.0 Å². The minimum atomic E-state index is -3.53. The van der Waals surface area contributed by atoms with Crippen LogP contribution in [0.4, 0.5) is 0 Å². The maximum atomic E-state index is 13.1. The third-order valence-electron chi connectivity index (χ3n) is 4.82. The van der Waals surface area contributed by atoms with Crippen LogP contribution in [0.15, 0.2) is 29.7 Å². The van der Waals surface area contributed by atoms with Crippen molar-refractivity contribution < 1.29 is 13.2 Å². The summed E-state index contributed by atoms with van der Waals surface area (Å²) in [7, 11) is -3.53. The van der Waals surface area contributed by atoms with Crippen LogP contribution in [0.1, 0.15) is 23.6 Å². The lowest BCUT2D eigenvalue weighted by atomic mass is 10.1. The molecule has 2 rings (SSSR count). The molecular weight excluding hydrogens is 350 g/mol. The van der Waals surface area contributed by atoms with Crippen LogP contribution in [0.25, 0.3) is 0 Å². The molecule has 0 aliphatic carbocycles. The lowest BCUT2D eigenvalue weighted by Crippen LogP contribution is -2.55. The first kappa shape index (κ1) is 20.6. The van der Waals surface area contributed by atoms with Crippen LogP contribution < -0.4 is 5.32 Å². The number of nitrogens with zero attached hydrogens (tertiary/aromatic N) is 2. The third-order valence-corrected chi connectivity index (χ3v) is 7.03. The Morgan fingerprint density at radius 1 is 1.19 bits per heavy atom. The van der Waals surface area contributed by atoms with Crippen molar-refractivity contribution in [2.24, 2.45) is 0 Å². The Balaban J connectivity index is 2.10. The molecular formula is C19H29N3O3S. The van der Waals surface area contributed by atoms with E-state index in [-0.39, 0.29) is 11.9 Å². The monoisotopic (exact) mass is 379 g/mol. The number of hydrogen-bond donors (Lipinski definition) is 1. The number of rotatable bonds is 6. The van der Waals surface area contributed by atoms with Crippen molar-refractivity contribution in [2.45, 2.75) is 38.6 Å². The van der Waals surface area contributed by atoms with Crippen LogP contribution in [-0.4, -0.2) is 62.3 Å². The zero-order chi connectivity index (χ0) is 19.5. The number of hydrogen-bond acceptors (Lipinski definition) is 4. The summed E-state index contributed by atoms with van der Waals surface area (Å²) in [5.74, 6) is -0.0635. The van der Waals surface area contributed by atoms with Gasteiger partial charge in [0.2, 0.25) is 15.9 Å². The fraction of sp³-hybridized carbons (Fsp3) is 0.526. The Morgan fingerprint density at radius 2 is 1.73 bits per heavy atom. The number of piperazine rings is 1. The van der Waals surface area contributed by atoms with Crippen LogP contribution in [0.2, 0.25) is 0 Å². The van der Waals surface area contributed by atoms with Gasteiger partial charge in [0.25, 0.3) is 0 Å². The van der Waals surface area contributed by atoms with Crippen molar-refractivity contribution in [3.63, 3.8) is 0 Å². The molecule has 7 heteroatoms. The van der Waals surface area contributed by atoms with E-state index in [2.05, 4.69) is 11.9 Å². The molecule has 1 atom stereocenters. The first-order chi connectivity index (χ1) is 12.2. The molecule has 1 aliphatic heterocycles. The molecule has 144 valence electrons. The molecule has 1 saturated heterocycles. The Morgan fingerprint density at radius 3 is 2.23 bits per heavy atom. The summed E-state index contributed by atoms with van der Waals surface area (Å²) in [5.41, 5.74) is 2.62. The van der Waals surface area contributed by atoms with Gasteiger partial charge < -0.3 is 5.32 Å². The summed E-state index contributed by atoms with van der Waals surface area (Å²) in [6.07, 6.45) is 1.64. The minimum Gasteiger partial charge on any atom is -0.351 e. The number of carbonyl (C=O) groups excluding carboxylic acids is 1. The number of aryl methyl sites for hydroxylation is 3. The zero-order valence-electron chi connectivity index (χ0n) is 16.1. The van der Waals surface area contributed by atoms with Crippen LogP contribution in [0, 0.1) is 20.8 Å². The van der Waals surface area contributed by atoms with Crippen molar-refractivity contribution >= 4 is 15.9 Å². The van der Waals surface area contributed by atoms with Gasteiger partial charge in [0.1, 0.15) is 0 Å². The van der Waals surface area contributed by atoms with Gasteiger partial charge in [-0.3, -0.25) is 9.69 Å². The van der Waals surface area contributed by atoms with Gasteiger partial charge in [0.15, 0.2) is 0 Å². The highest BCUT2D eigenvalue weighted by Crippen LogP contribution is 2.26. The van der Waals surface area contributed by atoms with Crippen molar-refractivity contribution in [1.29, 1.82) is 0 Å². The van der Waals surface area contributed by atoms with Gasteiger partial charge in [-0.2, -0.15) is 4.31 Å². The van der Waals surface area contributed by atoms with E-state index in [9.17, 15) is 13.2 Å². The van der Waals surface area contributed by atoms with Crippen LogP contribution in [0.5, 0.6) is 0 Å². The summed E-state index contributed by atoms with van der Waals surface area (Å²) < 4.78 is 27.7. The molecule has 0 bridgehead atoms. The van der Waals surface area contributed by atoms with Gasteiger partial charge >= 0.3 is 0 Å². The van der Waals surface area contributed by atoms with E-state index in [0.29, 0.717) is 37.6 Å². The van der Waals surface area contributed by atoms with E-state index >= 15 is 0 Å². The second kappa shape index (κ2) is 8.33. The smallest absolute Gasteiger partial charge is 0.243 e. The Kier molecular flexibility index (Phi) is 6.60. The van der Waals surface area contributed by atoms with Gasteiger partial charge in [-0.1, -0.05) is 23.8 Å². The second-order valence-electron chi connectivity index (χ2n) is 6.88. The fourth-order valence-corrected chi connectivity index (χ4v) is 5.35. The maximum Gasteiger partial charge on any atom is 0.243 e. The number of sulfonamides is 1. The molecule has 1 aromatic rings. The highest BCUT2D eigenvalue weighted by atomic mass is 32.2. The molecule has 0 aromatic heterocycles. The molecule has 1 amide bonds. The Labute approximate surface area is 156 Å². The molecule has 1 aliphatic rings. The predicted octanol–water partition coefficient (Wildman–Crippen LogP) is 1.61. The highest BCUT2D eigenvalue weighted by molar-refractivity contribution is 7.89. The van der Waals surface area contributed by atoms with E-state index in [1.807, 2.05) is 44.7 Å². The zero-order valence-corrected chi connectivity index (χ0v) is 16.9. The molecule has 0 saturated carbocycles. The summed E-state index contributed by atoms with van der Waals surface area (Å²) in [6, 6.07) is 3.52. The average Bonchev–Trinajstić information content (AvgIpc) is 2.58. The third kappa shape index (κ3) is 4.34. The molecule has 0 spiro atoms. The first-order valence-electron chi connectivity index (χ1n) is 8.89. The van der Waals surface area contributed by atoms with Crippen LogP contribution in [-0.2, 0) is 14.8 Å². The second-order valence-corrected chi connectivity index (χ2v) is 8.75. The average molecular weight is 380 g/mol. The lowest BCUT2D eigenvalue weighted by Gasteiger charge is -2.37. The van der Waals surface area contributed by atoms with Crippen LogP contribution >= 0.6 is 0 Å².